The number of aromatic nitrogens is 2. The number of hydrogen-bond acceptors (Lipinski definition) is 2. The summed E-state index contributed by atoms with van der Waals surface area (Å²) in [5.74, 6) is 0.451. The van der Waals surface area contributed by atoms with E-state index in [9.17, 15) is 13.2 Å². The molecule has 1 aliphatic rings. The number of aryl methyl sites for hydroxylation is 1. The Hall–Kier alpha value is -1.04. The molecule has 2 heterocycles. The van der Waals surface area contributed by atoms with Crippen LogP contribution in [0.1, 0.15) is 24.2 Å². The molecular formula is C11H16F3N3. The molecule has 96 valence electrons. The van der Waals surface area contributed by atoms with Crippen LogP contribution in [-0.2, 0) is 19.6 Å². The Labute approximate surface area is 98.0 Å². The van der Waals surface area contributed by atoms with Gasteiger partial charge in [0, 0.05) is 7.05 Å². The van der Waals surface area contributed by atoms with Gasteiger partial charge < -0.3 is 5.32 Å². The van der Waals surface area contributed by atoms with Crippen LogP contribution >= 0.6 is 0 Å². The van der Waals surface area contributed by atoms with Gasteiger partial charge in [0.25, 0.3) is 0 Å². The molecule has 0 radical (unpaired) electrons. The highest BCUT2D eigenvalue weighted by molar-refractivity contribution is 5.14. The molecule has 1 N–H and O–H groups in total. The van der Waals surface area contributed by atoms with Crippen LogP contribution < -0.4 is 5.32 Å². The second-order valence-corrected chi connectivity index (χ2v) is 4.54. The Morgan fingerprint density at radius 2 is 2.06 bits per heavy atom. The van der Waals surface area contributed by atoms with Crippen LogP contribution in [0.15, 0.2) is 6.07 Å². The zero-order valence-electron chi connectivity index (χ0n) is 9.72. The maximum absolute atomic E-state index is 12.6. The zero-order chi connectivity index (χ0) is 12.5. The lowest BCUT2D eigenvalue weighted by Gasteiger charge is -2.21. The first-order chi connectivity index (χ1) is 7.97. The lowest BCUT2D eigenvalue weighted by molar-refractivity contribution is -0.143. The summed E-state index contributed by atoms with van der Waals surface area (Å²) in [5.41, 5.74) is -0.117. The van der Waals surface area contributed by atoms with Gasteiger partial charge in [-0.3, -0.25) is 4.68 Å². The highest BCUT2D eigenvalue weighted by Gasteiger charge is 2.35. The summed E-state index contributed by atoms with van der Waals surface area (Å²) in [6.45, 7) is 1.90. The summed E-state index contributed by atoms with van der Waals surface area (Å²) in [5, 5.41) is 7.18. The van der Waals surface area contributed by atoms with Crippen LogP contribution in [0.25, 0.3) is 0 Å². The van der Waals surface area contributed by atoms with Gasteiger partial charge in [0.15, 0.2) is 0 Å². The van der Waals surface area contributed by atoms with Gasteiger partial charge in [-0.25, -0.2) is 0 Å². The quantitative estimate of drug-likeness (QED) is 0.866. The lowest BCUT2D eigenvalue weighted by atomic mass is 9.93. The molecule has 0 atom stereocenters. The van der Waals surface area contributed by atoms with Crippen molar-refractivity contribution in [2.75, 3.05) is 13.1 Å². The predicted octanol–water partition coefficient (Wildman–Crippen LogP) is 1.98. The van der Waals surface area contributed by atoms with Gasteiger partial charge in [0.1, 0.15) is 5.69 Å². The average molecular weight is 247 g/mol. The van der Waals surface area contributed by atoms with E-state index in [0.29, 0.717) is 18.0 Å². The van der Waals surface area contributed by atoms with Crippen molar-refractivity contribution in [1.82, 2.24) is 15.1 Å². The second kappa shape index (κ2) is 4.68. The van der Waals surface area contributed by atoms with E-state index in [1.807, 2.05) is 0 Å². The Bertz CT molecular complexity index is 378. The van der Waals surface area contributed by atoms with Gasteiger partial charge in [-0.05, 0) is 44.3 Å². The molecule has 0 saturated carbocycles. The van der Waals surface area contributed by atoms with Crippen LogP contribution in [0.4, 0.5) is 13.2 Å². The molecule has 1 saturated heterocycles. The van der Waals surface area contributed by atoms with Crippen molar-refractivity contribution in [1.29, 1.82) is 0 Å². The molecule has 2 rings (SSSR count). The third-order valence-corrected chi connectivity index (χ3v) is 3.18. The highest BCUT2D eigenvalue weighted by atomic mass is 19.4. The summed E-state index contributed by atoms with van der Waals surface area (Å²) in [7, 11) is 1.34. The number of piperidine rings is 1. The van der Waals surface area contributed by atoms with Gasteiger partial charge in [-0.1, -0.05) is 0 Å². The van der Waals surface area contributed by atoms with Gasteiger partial charge in [0.2, 0.25) is 0 Å². The Morgan fingerprint density at radius 3 is 2.59 bits per heavy atom. The molecule has 0 spiro atoms. The monoisotopic (exact) mass is 247 g/mol. The van der Waals surface area contributed by atoms with E-state index in [1.165, 1.54) is 13.1 Å². The summed E-state index contributed by atoms with van der Waals surface area (Å²) in [6.07, 6.45) is -1.64. The SMILES string of the molecule is Cn1nc(CC2CCNCC2)cc1C(F)(F)F. The first kappa shape index (κ1) is 12.4. The van der Waals surface area contributed by atoms with Crippen molar-refractivity contribution < 1.29 is 13.2 Å². The van der Waals surface area contributed by atoms with E-state index in [4.69, 9.17) is 0 Å². The molecule has 1 aromatic rings. The molecule has 3 nitrogen and oxygen atoms in total. The molecule has 6 heteroatoms. The van der Waals surface area contributed by atoms with E-state index < -0.39 is 11.9 Å². The maximum atomic E-state index is 12.6. The number of halogens is 3. The molecule has 0 unspecified atom stereocenters. The molecule has 1 aliphatic heterocycles. The van der Waals surface area contributed by atoms with Crippen molar-refractivity contribution in [3.63, 3.8) is 0 Å². The fraction of sp³-hybridized carbons (Fsp3) is 0.727. The van der Waals surface area contributed by atoms with E-state index in [1.54, 1.807) is 0 Å². The molecule has 0 amide bonds. The standard InChI is InChI=1S/C11H16F3N3/c1-17-10(11(12,13)14)7-9(16-17)6-8-2-4-15-5-3-8/h7-8,15H,2-6H2,1H3. The minimum atomic E-state index is -4.31. The van der Waals surface area contributed by atoms with Crippen molar-refractivity contribution in [2.45, 2.75) is 25.4 Å². The second-order valence-electron chi connectivity index (χ2n) is 4.54. The van der Waals surface area contributed by atoms with Crippen LogP contribution in [0.3, 0.4) is 0 Å². The van der Waals surface area contributed by atoms with Gasteiger partial charge in [0.05, 0.1) is 5.69 Å². The molecule has 0 bridgehead atoms. The average Bonchev–Trinajstić information content (AvgIpc) is 2.60. The van der Waals surface area contributed by atoms with Crippen molar-refractivity contribution in [2.24, 2.45) is 13.0 Å². The molecule has 1 fully saturated rings. The number of rotatable bonds is 2. The van der Waals surface area contributed by atoms with Gasteiger partial charge in [-0.2, -0.15) is 18.3 Å². The van der Waals surface area contributed by atoms with Crippen molar-refractivity contribution in [3.05, 3.63) is 17.5 Å². The molecular weight excluding hydrogens is 231 g/mol. The van der Waals surface area contributed by atoms with E-state index in [-0.39, 0.29) is 0 Å². The van der Waals surface area contributed by atoms with E-state index >= 15 is 0 Å². The highest BCUT2D eigenvalue weighted by Crippen LogP contribution is 2.30. The molecule has 17 heavy (non-hydrogen) atoms. The first-order valence-electron chi connectivity index (χ1n) is 5.77. The number of nitrogens with one attached hydrogen (secondary N) is 1. The van der Waals surface area contributed by atoms with Gasteiger partial charge >= 0.3 is 6.18 Å². The maximum Gasteiger partial charge on any atom is 0.433 e. The Morgan fingerprint density at radius 1 is 1.41 bits per heavy atom. The van der Waals surface area contributed by atoms with Crippen LogP contribution in [0, 0.1) is 5.92 Å². The minimum absolute atomic E-state index is 0.451. The Balaban J connectivity index is 2.06. The predicted molar refractivity (Wildman–Crippen MR) is 57.5 cm³/mol. The van der Waals surface area contributed by atoms with Crippen LogP contribution in [-0.4, -0.2) is 22.9 Å². The van der Waals surface area contributed by atoms with Gasteiger partial charge in [-0.15, -0.1) is 0 Å². The zero-order valence-corrected chi connectivity index (χ0v) is 9.72. The lowest BCUT2D eigenvalue weighted by Crippen LogP contribution is -2.28. The van der Waals surface area contributed by atoms with Crippen LogP contribution in [0.5, 0.6) is 0 Å². The summed E-state index contributed by atoms with van der Waals surface area (Å²) < 4.78 is 38.6. The fourth-order valence-electron chi connectivity index (χ4n) is 2.27. The third kappa shape index (κ3) is 3.00. The molecule has 0 aromatic carbocycles. The smallest absolute Gasteiger partial charge is 0.317 e. The van der Waals surface area contributed by atoms with Crippen molar-refractivity contribution >= 4 is 0 Å². The first-order valence-corrected chi connectivity index (χ1v) is 5.77. The van der Waals surface area contributed by atoms with Crippen LogP contribution in [0.2, 0.25) is 0 Å². The summed E-state index contributed by atoms with van der Waals surface area (Å²) >= 11 is 0. The summed E-state index contributed by atoms with van der Waals surface area (Å²) in [6, 6.07) is 1.17. The molecule has 0 aliphatic carbocycles. The van der Waals surface area contributed by atoms with E-state index in [2.05, 4.69) is 10.4 Å². The van der Waals surface area contributed by atoms with Crippen molar-refractivity contribution in [3.8, 4) is 0 Å². The largest absolute Gasteiger partial charge is 0.433 e. The molecule has 1 aromatic heterocycles. The minimum Gasteiger partial charge on any atom is -0.317 e. The number of alkyl halides is 3. The topological polar surface area (TPSA) is 29.9 Å². The Kier molecular flexibility index (Phi) is 3.42. The van der Waals surface area contributed by atoms with E-state index in [0.717, 1.165) is 30.6 Å². The third-order valence-electron chi connectivity index (χ3n) is 3.18. The fourth-order valence-corrected chi connectivity index (χ4v) is 2.27. The summed E-state index contributed by atoms with van der Waals surface area (Å²) in [4.78, 5) is 0. The number of hydrogen-bond donors (Lipinski definition) is 1. The number of nitrogens with zero attached hydrogens (tertiary/aromatic N) is 2. The normalized spacial score (nSPS) is 18.6.